The molecule has 1 aliphatic rings. The normalized spacial score (nSPS) is 15.8. The van der Waals surface area contributed by atoms with Gasteiger partial charge in [-0.05, 0) is 13.0 Å². The van der Waals surface area contributed by atoms with Gasteiger partial charge in [-0.2, -0.15) is 4.31 Å². The van der Waals surface area contributed by atoms with Crippen molar-refractivity contribution < 1.29 is 32.2 Å². The second-order valence-electron chi connectivity index (χ2n) is 5.09. The number of carbonyl (C=O) groups is 1. The third-order valence-corrected chi connectivity index (χ3v) is 5.64. The number of benzene rings is 1. The van der Waals surface area contributed by atoms with Crippen LogP contribution in [0.15, 0.2) is 11.0 Å². The van der Waals surface area contributed by atoms with E-state index in [2.05, 4.69) is 0 Å². The molecule has 8 nitrogen and oxygen atoms in total. The summed E-state index contributed by atoms with van der Waals surface area (Å²) in [7, 11) is 0.190. The summed E-state index contributed by atoms with van der Waals surface area (Å²) in [4.78, 5) is 11.8. The lowest BCUT2D eigenvalue weighted by atomic mass is 10.1. The highest BCUT2D eigenvalue weighted by atomic mass is 32.2. The predicted molar refractivity (Wildman–Crippen MR) is 85.7 cm³/mol. The molecule has 0 unspecified atom stereocenters. The van der Waals surface area contributed by atoms with Crippen molar-refractivity contribution in [2.75, 3.05) is 47.6 Å². The number of Topliss-reactive ketones (excluding diaryl/α,β-unsaturated/α-hetero) is 1. The zero-order chi connectivity index (χ0) is 17.9. The summed E-state index contributed by atoms with van der Waals surface area (Å²) in [6, 6.07) is 1.27. The molecular weight excluding hydrogens is 338 g/mol. The fourth-order valence-electron chi connectivity index (χ4n) is 2.56. The van der Waals surface area contributed by atoms with Gasteiger partial charge in [0.25, 0.3) is 0 Å². The summed E-state index contributed by atoms with van der Waals surface area (Å²) in [5, 5.41) is 0. The standard InChI is InChI=1S/C15H21NO7S/c1-10(17)11-9-12(14(21-3)15(22-4)13(11)20-2)24(18,19)16-5-7-23-8-6-16/h9H,5-8H2,1-4H3. The van der Waals surface area contributed by atoms with E-state index in [1.165, 1.54) is 38.6 Å². The molecule has 0 spiro atoms. The Kier molecular flexibility index (Phi) is 5.68. The summed E-state index contributed by atoms with van der Waals surface area (Å²) >= 11 is 0. The van der Waals surface area contributed by atoms with Crippen molar-refractivity contribution in [1.29, 1.82) is 0 Å². The van der Waals surface area contributed by atoms with E-state index in [1.54, 1.807) is 0 Å². The van der Waals surface area contributed by atoms with E-state index in [0.717, 1.165) is 0 Å². The van der Waals surface area contributed by atoms with Gasteiger partial charge in [0.2, 0.25) is 15.8 Å². The Balaban J connectivity index is 2.72. The average molecular weight is 359 g/mol. The maximum absolute atomic E-state index is 13.0. The van der Waals surface area contributed by atoms with E-state index < -0.39 is 10.0 Å². The highest BCUT2D eigenvalue weighted by Crippen LogP contribution is 2.45. The summed E-state index contributed by atoms with van der Waals surface area (Å²) in [6.45, 7) is 2.42. The van der Waals surface area contributed by atoms with E-state index in [4.69, 9.17) is 18.9 Å². The second kappa shape index (κ2) is 7.37. The van der Waals surface area contributed by atoms with E-state index >= 15 is 0 Å². The molecule has 1 saturated heterocycles. The molecule has 1 fully saturated rings. The number of rotatable bonds is 6. The number of sulfonamides is 1. The van der Waals surface area contributed by atoms with Gasteiger partial charge in [0.05, 0.1) is 40.1 Å². The largest absolute Gasteiger partial charge is 0.492 e. The summed E-state index contributed by atoms with van der Waals surface area (Å²) in [5.41, 5.74) is 0.113. The second-order valence-corrected chi connectivity index (χ2v) is 7.00. The van der Waals surface area contributed by atoms with Crippen molar-refractivity contribution in [2.24, 2.45) is 0 Å². The lowest BCUT2D eigenvalue weighted by Crippen LogP contribution is -2.40. The molecular formula is C15H21NO7S. The summed E-state index contributed by atoms with van der Waals surface area (Å²) in [6.07, 6.45) is 0. The third-order valence-electron chi connectivity index (χ3n) is 3.74. The first-order valence-corrected chi connectivity index (χ1v) is 8.74. The Morgan fingerprint density at radius 3 is 2.04 bits per heavy atom. The minimum Gasteiger partial charge on any atom is -0.492 e. The smallest absolute Gasteiger partial charge is 0.247 e. The van der Waals surface area contributed by atoms with Crippen LogP contribution in [0.4, 0.5) is 0 Å². The van der Waals surface area contributed by atoms with Crippen LogP contribution in [0.2, 0.25) is 0 Å². The first-order chi connectivity index (χ1) is 11.4. The van der Waals surface area contributed by atoms with Gasteiger partial charge in [0, 0.05) is 13.1 Å². The fourth-order valence-corrected chi connectivity index (χ4v) is 4.15. The number of methoxy groups -OCH3 is 3. The summed E-state index contributed by atoms with van der Waals surface area (Å²) in [5.74, 6) is -0.126. The minimum absolute atomic E-state index is 0.00541. The highest BCUT2D eigenvalue weighted by molar-refractivity contribution is 7.89. The van der Waals surface area contributed by atoms with Crippen molar-refractivity contribution in [3.63, 3.8) is 0 Å². The number of nitrogens with zero attached hydrogens (tertiary/aromatic N) is 1. The van der Waals surface area contributed by atoms with Gasteiger partial charge in [-0.3, -0.25) is 4.79 Å². The van der Waals surface area contributed by atoms with Crippen molar-refractivity contribution in [2.45, 2.75) is 11.8 Å². The molecule has 2 rings (SSSR count). The number of hydrogen-bond acceptors (Lipinski definition) is 7. The monoisotopic (exact) mass is 359 g/mol. The fraction of sp³-hybridized carbons (Fsp3) is 0.533. The molecule has 24 heavy (non-hydrogen) atoms. The molecule has 1 heterocycles. The first kappa shape index (κ1) is 18.5. The maximum atomic E-state index is 13.0. The molecule has 0 atom stereocenters. The zero-order valence-electron chi connectivity index (χ0n) is 14.1. The molecule has 0 aromatic heterocycles. The Bertz CT molecular complexity index is 724. The number of carbonyl (C=O) groups excluding carboxylic acids is 1. The molecule has 1 aromatic carbocycles. The molecule has 9 heteroatoms. The van der Waals surface area contributed by atoms with Crippen LogP contribution >= 0.6 is 0 Å². The van der Waals surface area contributed by atoms with Crippen molar-refractivity contribution in [1.82, 2.24) is 4.31 Å². The van der Waals surface area contributed by atoms with Gasteiger partial charge in [-0.25, -0.2) is 8.42 Å². The van der Waals surface area contributed by atoms with Crippen molar-refractivity contribution >= 4 is 15.8 Å². The van der Waals surface area contributed by atoms with Gasteiger partial charge >= 0.3 is 0 Å². The number of ketones is 1. The van der Waals surface area contributed by atoms with Crippen LogP contribution in [-0.4, -0.2) is 66.1 Å². The topological polar surface area (TPSA) is 91.4 Å². The molecule has 0 saturated carbocycles. The van der Waals surface area contributed by atoms with E-state index in [-0.39, 0.29) is 46.6 Å². The van der Waals surface area contributed by atoms with E-state index in [9.17, 15) is 13.2 Å². The minimum atomic E-state index is -3.88. The van der Waals surface area contributed by atoms with Gasteiger partial charge in [-0.15, -0.1) is 0 Å². The molecule has 1 aromatic rings. The Morgan fingerprint density at radius 2 is 1.58 bits per heavy atom. The van der Waals surface area contributed by atoms with Crippen LogP contribution in [0.5, 0.6) is 17.2 Å². The third kappa shape index (κ3) is 3.19. The van der Waals surface area contributed by atoms with Gasteiger partial charge < -0.3 is 18.9 Å². The molecule has 0 amide bonds. The van der Waals surface area contributed by atoms with E-state index in [1.807, 2.05) is 0 Å². The van der Waals surface area contributed by atoms with Crippen molar-refractivity contribution in [3.8, 4) is 17.2 Å². The average Bonchev–Trinajstić information content (AvgIpc) is 2.60. The lowest BCUT2D eigenvalue weighted by molar-refractivity contribution is 0.0729. The zero-order valence-corrected chi connectivity index (χ0v) is 14.9. The van der Waals surface area contributed by atoms with Crippen LogP contribution in [0, 0.1) is 0 Å². The molecule has 1 aliphatic heterocycles. The van der Waals surface area contributed by atoms with Gasteiger partial charge in [0.15, 0.2) is 17.3 Å². The lowest BCUT2D eigenvalue weighted by Gasteiger charge is -2.27. The number of hydrogen-bond donors (Lipinski definition) is 0. The van der Waals surface area contributed by atoms with Crippen LogP contribution in [0.1, 0.15) is 17.3 Å². The quantitative estimate of drug-likeness (QED) is 0.698. The van der Waals surface area contributed by atoms with Crippen LogP contribution in [-0.2, 0) is 14.8 Å². The van der Waals surface area contributed by atoms with Gasteiger partial charge in [0.1, 0.15) is 4.90 Å². The molecule has 0 radical (unpaired) electrons. The van der Waals surface area contributed by atoms with E-state index in [0.29, 0.717) is 13.2 Å². The van der Waals surface area contributed by atoms with Gasteiger partial charge in [-0.1, -0.05) is 0 Å². The predicted octanol–water partition coefficient (Wildman–Crippen LogP) is 0.936. The molecule has 134 valence electrons. The summed E-state index contributed by atoms with van der Waals surface area (Å²) < 4.78 is 48.2. The molecule has 0 bridgehead atoms. The Labute approximate surface area is 141 Å². The Hall–Kier alpha value is -1.84. The molecule has 0 aliphatic carbocycles. The van der Waals surface area contributed by atoms with Crippen LogP contribution in [0.25, 0.3) is 0 Å². The SMILES string of the molecule is COc1c(C(C)=O)cc(S(=O)(=O)N2CCOCC2)c(OC)c1OC. The van der Waals surface area contributed by atoms with Crippen molar-refractivity contribution in [3.05, 3.63) is 11.6 Å². The number of morpholine rings is 1. The highest BCUT2D eigenvalue weighted by Gasteiger charge is 2.34. The number of ether oxygens (including phenoxy) is 4. The Morgan fingerprint density at radius 1 is 1.04 bits per heavy atom. The van der Waals surface area contributed by atoms with Crippen LogP contribution < -0.4 is 14.2 Å². The first-order valence-electron chi connectivity index (χ1n) is 7.30. The van der Waals surface area contributed by atoms with Crippen LogP contribution in [0.3, 0.4) is 0 Å². The maximum Gasteiger partial charge on any atom is 0.247 e. The molecule has 0 N–H and O–H groups in total.